The van der Waals surface area contributed by atoms with Crippen molar-refractivity contribution in [3.8, 4) is 0 Å². The van der Waals surface area contributed by atoms with Gasteiger partial charge in [0.2, 0.25) is 15.9 Å². The molecule has 8 heteroatoms. The lowest BCUT2D eigenvalue weighted by molar-refractivity contribution is -0.124. The van der Waals surface area contributed by atoms with Crippen molar-refractivity contribution in [2.45, 2.75) is 13.3 Å². The average molecular weight is 292 g/mol. The molecule has 0 spiro atoms. The van der Waals surface area contributed by atoms with Crippen LogP contribution in [-0.2, 0) is 14.8 Å². The van der Waals surface area contributed by atoms with E-state index in [1.807, 2.05) is 6.92 Å². The molecule has 0 aliphatic carbocycles. The molecule has 0 aliphatic heterocycles. The lowest BCUT2D eigenvalue weighted by Gasteiger charge is -2.13. The number of nitrogens with one attached hydrogen (secondary N) is 2. The zero-order valence-electron chi connectivity index (χ0n) is 12.0. The van der Waals surface area contributed by atoms with Crippen molar-refractivity contribution in [1.29, 1.82) is 0 Å². The Bertz CT molecular complexity index is 395. The molecular formula is C11H24N4O3S. The Morgan fingerprint density at radius 2 is 2.11 bits per heavy atom. The van der Waals surface area contributed by atoms with E-state index in [-0.39, 0.29) is 11.8 Å². The highest BCUT2D eigenvalue weighted by molar-refractivity contribution is 7.88. The Hall–Kier alpha value is -1.15. The van der Waals surface area contributed by atoms with Gasteiger partial charge in [-0.25, -0.2) is 12.7 Å². The molecule has 0 heterocycles. The van der Waals surface area contributed by atoms with Gasteiger partial charge < -0.3 is 10.6 Å². The van der Waals surface area contributed by atoms with Gasteiger partial charge in [0.05, 0.1) is 12.6 Å². The van der Waals surface area contributed by atoms with E-state index in [0.717, 1.165) is 0 Å². The second-order valence-corrected chi connectivity index (χ2v) is 6.47. The molecule has 1 unspecified atom stereocenters. The normalized spacial score (nSPS) is 13.7. The van der Waals surface area contributed by atoms with Crippen LogP contribution in [0.1, 0.15) is 13.3 Å². The number of nitrogens with zero attached hydrogens (tertiary/aromatic N) is 2. The van der Waals surface area contributed by atoms with Crippen LogP contribution in [0.15, 0.2) is 4.99 Å². The van der Waals surface area contributed by atoms with Crippen LogP contribution >= 0.6 is 0 Å². The highest BCUT2D eigenvalue weighted by atomic mass is 32.2. The molecule has 0 aromatic rings. The maximum atomic E-state index is 11.2. The van der Waals surface area contributed by atoms with Crippen molar-refractivity contribution in [2.24, 2.45) is 10.9 Å². The van der Waals surface area contributed by atoms with E-state index in [2.05, 4.69) is 15.6 Å². The first-order valence-corrected chi connectivity index (χ1v) is 7.98. The summed E-state index contributed by atoms with van der Waals surface area (Å²) in [5.74, 6) is -0.0449. The summed E-state index contributed by atoms with van der Waals surface area (Å²) in [7, 11) is 0.0205. The van der Waals surface area contributed by atoms with E-state index < -0.39 is 10.0 Å². The molecule has 0 radical (unpaired) electrons. The van der Waals surface area contributed by atoms with E-state index in [9.17, 15) is 13.2 Å². The maximum Gasteiger partial charge on any atom is 0.222 e. The quantitative estimate of drug-likeness (QED) is 0.333. The minimum absolute atomic E-state index is 0.0120. The number of hydrogen-bond donors (Lipinski definition) is 2. The lowest BCUT2D eigenvalue weighted by atomic mass is 10.1. The predicted octanol–water partition coefficient (Wildman–Crippen LogP) is -0.732. The lowest BCUT2D eigenvalue weighted by Crippen LogP contribution is -2.32. The highest BCUT2D eigenvalue weighted by Gasteiger charge is 2.09. The minimum Gasteiger partial charge on any atom is -0.375 e. The van der Waals surface area contributed by atoms with Crippen LogP contribution < -0.4 is 10.6 Å². The van der Waals surface area contributed by atoms with Crippen molar-refractivity contribution < 1.29 is 13.2 Å². The number of carbonyl (C=O) groups excluding carboxylic acids is 1. The third-order valence-electron chi connectivity index (χ3n) is 2.70. The van der Waals surface area contributed by atoms with Gasteiger partial charge in [-0.15, -0.1) is 0 Å². The van der Waals surface area contributed by atoms with Gasteiger partial charge in [0.25, 0.3) is 0 Å². The van der Waals surface area contributed by atoms with Gasteiger partial charge in [-0.05, 0) is 6.42 Å². The van der Waals surface area contributed by atoms with Gasteiger partial charge in [0.1, 0.15) is 0 Å². The number of aliphatic imine (C=N–C) groups is 1. The molecule has 1 atom stereocenters. The first-order valence-electron chi connectivity index (χ1n) is 6.13. The number of carbonyl (C=O) groups is 1. The zero-order chi connectivity index (χ0) is 14.9. The molecule has 112 valence electrons. The fourth-order valence-corrected chi connectivity index (χ4v) is 1.65. The van der Waals surface area contributed by atoms with Crippen LogP contribution in [0.25, 0.3) is 0 Å². The monoisotopic (exact) mass is 292 g/mol. The van der Waals surface area contributed by atoms with Gasteiger partial charge in [-0.1, -0.05) is 6.92 Å². The highest BCUT2D eigenvalue weighted by Crippen LogP contribution is 2.00. The number of rotatable bonds is 9. The van der Waals surface area contributed by atoms with Crippen molar-refractivity contribution in [1.82, 2.24) is 14.9 Å². The predicted molar refractivity (Wildman–Crippen MR) is 76.7 cm³/mol. The van der Waals surface area contributed by atoms with Crippen LogP contribution in [0.2, 0.25) is 0 Å². The first kappa shape index (κ1) is 17.8. The Balaban J connectivity index is 3.69. The Morgan fingerprint density at radius 1 is 1.47 bits per heavy atom. The van der Waals surface area contributed by atoms with Crippen LogP contribution in [0.5, 0.6) is 0 Å². The summed E-state index contributed by atoms with van der Waals surface area (Å²) in [5, 5.41) is 5.49. The van der Waals surface area contributed by atoms with Crippen molar-refractivity contribution in [3.05, 3.63) is 0 Å². The summed E-state index contributed by atoms with van der Waals surface area (Å²) in [6.07, 6.45) is 3.40. The van der Waals surface area contributed by atoms with Crippen molar-refractivity contribution in [2.75, 3.05) is 40.0 Å². The fourth-order valence-electron chi connectivity index (χ4n) is 1.23. The molecule has 0 fully saturated rings. The molecule has 0 aliphatic rings. The smallest absolute Gasteiger partial charge is 0.222 e. The third-order valence-corrected chi connectivity index (χ3v) is 4.02. The Kier molecular flexibility index (Phi) is 8.33. The van der Waals surface area contributed by atoms with Crippen molar-refractivity contribution in [3.63, 3.8) is 0 Å². The van der Waals surface area contributed by atoms with Gasteiger partial charge >= 0.3 is 0 Å². The number of hydrogen-bond acceptors (Lipinski definition) is 4. The summed E-state index contributed by atoms with van der Waals surface area (Å²) in [5.41, 5.74) is 0. The van der Waals surface area contributed by atoms with Crippen LogP contribution in [-0.4, -0.2) is 65.0 Å². The maximum absolute atomic E-state index is 11.2. The van der Waals surface area contributed by atoms with E-state index in [0.29, 0.717) is 26.1 Å². The molecule has 1 amide bonds. The molecule has 19 heavy (non-hydrogen) atoms. The Labute approximate surface area is 115 Å². The van der Waals surface area contributed by atoms with Crippen molar-refractivity contribution >= 4 is 22.3 Å². The summed E-state index contributed by atoms with van der Waals surface area (Å²) in [4.78, 5) is 15.3. The minimum atomic E-state index is -3.12. The fraction of sp³-hybridized carbons (Fsp3) is 0.818. The second-order valence-electron chi connectivity index (χ2n) is 4.38. The van der Waals surface area contributed by atoms with Gasteiger partial charge in [-0.3, -0.25) is 9.79 Å². The summed E-state index contributed by atoms with van der Waals surface area (Å²) >= 11 is 0. The zero-order valence-corrected chi connectivity index (χ0v) is 12.8. The first-order chi connectivity index (χ1) is 8.79. The number of sulfonamides is 1. The van der Waals surface area contributed by atoms with Crippen LogP contribution in [0.3, 0.4) is 0 Å². The summed E-state index contributed by atoms with van der Waals surface area (Å²) in [6, 6.07) is 0. The standard InChI is InChI=1S/C11H24N4O3S/c1-10(11(16)12-2)5-6-13-9-14-7-8-15(3)19(4,17)18/h9-10H,5-8H2,1-4H3,(H,12,16)(H,13,14). The van der Waals surface area contributed by atoms with E-state index >= 15 is 0 Å². The largest absolute Gasteiger partial charge is 0.375 e. The molecule has 0 rings (SSSR count). The van der Waals surface area contributed by atoms with Crippen LogP contribution in [0.4, 0.5) is 0 Å². The van der Waals surface area contributed by atoms with E-state index in [1.54, 1.807) is 13.4 Å². The number of likely N-dealkylation sites (N-methyl/N-ethyl adjacent to an activating group) is 1. The third kappa shape index (κ3) is 8.55. The van der Waals surface area contributed by atoms with E-state index in [4.69, 9.17) is 0 Å². The molecule has 7 nitrogen and oxygen atoms in total. The molecule has 0 aromatic carbocycles. The van der Waals surface area contributed by atoms with Gasteiger partial charge in [0, 0.05) is 39.6 Å². The second kappa shape index (κ2) is 8.87. The van der Waals surface area contributed by atoms with Gasteiger partial charge in [-0.2, -0.15) is 0 Å². The SMILES string of the molecule is CNC(=O)C(C)CC/N=C/NCCN(C)S(C)(=O)=O. The molecule has 2 N–H and O–H groups in total. The van der Waals surface area contributed by atoms with Crippen LogP contribution in [0, 0.1) is 5.92 Å². The average Bonchev–Trinajstić information content (AvgIpc) is 2.34. The summed E-state index contributed by atoms with van der Waals surface area (Å²) in [6.45, 7) is 3.30. The van der Waals surface area contributed by atoms with Gasteiger partial charge in [0.15, 0.2) is 0 Å². The molecule has 0 bridgehead atoms. The number of amides is 1. The van der Waals surface area contributed by atoms with E-state index in [1.165, 1.54) is 17.6 Å². The topological polar surface area (TPSA) is 90.9 Å². The summed E-state index contributed by atoms with van der Waals surface area (Å²) < 4.78 is 23.4. The Morgan fingerprint density at radius 3 is 2.63 bits per heavy atom. The molecule has 0 saturated heterocycles. The molecular weight excluding hydrogens is 268 g/mol. The molecule has 0 saturated carbocycles. The molecule has 0 aromatic heterocycles.